The van der Waals surface area contributed by atoms with E-state index in [0.717, 1.165) is 5.56 Å². The molecule has 6 nitrogen and oxygen atoms in total. The molecule has 0 aliphatic rings. The van der Waals surface area contributed by atoms with Crippen LogP contribution in [0.3, 0.4) is 0 Å². The molecule has 0 bridgehead atoms. The number of amides is 3. The highest BCUT2D eigenvalue weighted by molar-refractivity contribution is 6.31. The summed E-state index contributed by atoms with van der Waals surface area (Å²) in [6.07, 6.45) is 0.586. The molecule has 0 radical (unpaired) electrons. The van der Waals surface area contributed by atoms with E-state index in [0.29, 0.717) is 35.8 Å². The molecular weight excluding hydrogens is 366 g/mol. The molecule has 142 valence electrons. The van der Waals surface area contributed by atoms with Gasteiger partial charge in [-0.15, -0.1) is 0 Å². The summed E-state index contributed by atoms with van der Waals surface area (Å²) in [7, 11) is 0. The molecule has 2 aromatic carbocycles. The maximum absolute atomic E-state index is 12.1. The number of hydrogen-bond acceptors (Lipinski definition) is 3. The van der Waals surface area contributed by atoms with E-state index in [2.05, 4.69) is 16.0 Å². The molecule has 7 heteroatoms. The van der Waals surface area contributed by atoms with Gasteiger partial charge >= 0.3 is 0 Å². The van der Waals surface area contributed by atoms with Crippen molar-refractivity contribution in [3.05, 3.63) is 64.7 Å². The van der Waals surface area contributed by atoms with Gasteiger partial charge in [0.05, 0.1) is 6.42 Å². The lowest BCUT2D eigenvalue weighted by Gasteiger charge is -2.09. The zero-order valence-corrected chi connectivity index (χ0v) is 15.8. The standard InChI is InChI=1S/C20H22ClN3O3/c1-2-18(25)22-11-12-23-20(27)14-7-9-16(10-8-14)24-19(26)13-15-5-3-4-6-17(15)21/h3-10H,2,11-13H2,1H3,(H,22,25)(H,23,27)(H,24,26). The second-order valence-electron chi connectivity index (χ2n) is 5.85. The largest absolute Gasteiger partial charge is 0.354 e. The summed E-state index contributed by atoms with van der Waals surface area (Å²) in [6.45, 7) is 2.50. The third-order valence-corrected chi connectivity index (χ3v) is 4.16. The van der Waals surface area contributed by atoms with E-state index in [-0.39, 0.29) is 24.1 Å². The van der Waals surface area contributed by atoms with Crippen molar-refractivity contribution >= 4 is 35.0 Å². The zero-order valence-electron chi connectivity index (χ0n) is 15.0. The molecule has 0 unspecified atom stereocenters. The third-order valence-electron chi connectivity index (χ3n) is 3.79. The van der Waals surface area contributed by atoms with Crippen molar-refractivity contribution in [2.45, 2.75) is 19.8 Å². The second-order valence-corrected chi connectivity index (χ2v) is 6.26. The van der Waals surface area contributed by atoms with Crippen molar-refractivity contribution in [3.63, 3.8) is 0 Å². The van der Waals surface area contributed by atoms with Gasteiger partial charge in [0.25, 0.3) is 5.91 Å². The average molecular weight is 388 g/mol. The second kappa shape index (κ2) is 10.3. The summed E-state index contributed by atoms with van der Waals surface area (Å²) in [5, 5.41) is 8.73. The lowest BCUT2D eigenvalue weighted by molar-refractivity contribution is -0.120. The number of carbonyl (C=O) groups excluding carboxylic acids is 3. The lowest BCUT2D eigenvalue weighted by Crippen LogP contribution is -2.34. The highest BCUT2D eigenvalue weighted by Gasteiger charge is 2.09. The Labute approximate surface area is 163 Å². The first kappa shape index (κ1) is 20.5. The summed E-state index contributed by atoms with van der Waals surface area (Å²) in [4.78, 5) is 35.3. The lowest BCUT2D eigenvalue weighted by atomic mass is 10.1. The summed E-state index contributed by atoms with van der Waals surface area (Å²) < 4.78 is 0. The van der Waals surface area contributed by atoms with Crippen LogP contribution < -0.4 is 16.0 Å². The normalized spacial score (nSPS) is 10.1. The minimum Gasteiger partial charge on any atom is -0.354 e. The molecule has 0 aliphatic carbocycles. The Morgan fingerprint density at radius 3 is 2.22 bits per heavy atom. The molecule has 0 aliphatic heterocycles. The van der Waals surface area contributed by atoms with Gasteiger partial charge in [-0.1, -0.05) is 36.7 Å². The van der Waals surface area contributed by atoms with Crippen LogP contribution in [0, 0.1) is 0 Å². The SMILES string of the molecule is CCC(=O)NCCNC(=O)c1ccc(NC(=O)Cc2ccccc2Cl)cc1. The molecule has 0 aromatic heterocycles. The van der Waals surface area contributed by atoms with Crippen LogP contribution in [0.2, 0.25) is 5.02 Å². The summed E-state index contributed by atoms with van der Waals surface area (Å²) in [5.74, 6) is -0.484. The number of halogens is 1. The molecule has 0 heterocycles. The number of benzene rings is 2. The molecule has 3 N–H and O–H groups in total. The maximum atomic E-state index is 12.1. The topological polar surface area (TPSA) is 87.3 Å². The molecule has 2 rings (SSSR count). The third kappa shape index (κ3) is 6.75. The molecule has 27 heavy (non-hydrogen) atoms. The Morgan fingerprint density at radius 1 is 0.889 bits per heavy atom. The quantitative estimate of drug-likeness (QED) is 0.608. The maximum Gasteiger partial charge on any atom is 0.251 e. The van der Waals surface area contributed by atoms with E-state index in [1.54, 1.807) is 43.3 Å². The Bertz CT molecular complexity index is 806. The van der Waals surface area contributed by atoms with Crippen molar-refractivity contribution in [2.24, 2.45) is 0 Å². The molecule has 2 aromatic rings. The molecule has 0 fully saturated rings. The summed E-state index contributed by atoms with van der Waals surface area (Å²) >= 11 is 6.06. The average Bonchev–Trinajstić information content (AvgIpc) is 2.67. The first-order valence-electron chi connectivity index (χ1n) is 8.67. The number of hydrogen-bond donors (Lipinski definition) is 3. The molecular formula is C20H22ClN3O3. The van der Waals surface area contributed by atoms with Gasteiger partial charge in [0.15, 0.2) is 0 Å². The van der Waals surface area contributed by atoms with Crippen molar-refractivity contribution in [1.29, 1.82) is 0 Å². The van der Waals surface area contributed by atoms with E-state index in [1.165, 1.54) is 0 Å². The van der Waals surface area contributed by atoms with Crippen molar-refractivity contribution < 1.29 is 14.4 Å². The zero-order chi connectivity index (χ0) is 19.6. The van der Waals surface area contributed by atoms with E-state index in [4.69, 9.17) is 11.6 Å². The molecule has 0 spiro atoms. The van der Waals surface area contributed by atoms with Crippen LogP contribution in [0.5, 0.6) is 0 Å². The van der Waals surface area contributed by atoms with Crippen molar-refractivity contribution in [1.82, 2.24) is 10.6 Å². The van der Waals surface area contributed by atoms with Crippen LogP contribution in [0.15, 0.2) is 48.5 Å². The molecule has 3 amide bonds. The van der Waals surface area contributed by atoms with E-state index >= 15 is 0 Å². The first-order chi connectivity index (χ1) is 13.0. The van der Waals surface area contributed by atoms with Gasteiger partial charge in [0.1, 0.15) is 0 Å². The first-order valence-corrected chi connectivity index (χ1v) is 9.05. The van der Waals surface area contributed by atoms with Gasteiger partial charge in [-0.2, -0.15) is 0 Å². The van der Waals surface area contributed by atoms with Gasteiger partial charge in [0, 0.05) is 35.8 Å². The summed E-state index contributed by atoms with van der Waals surface area (Å²) in [5.41, 5.74) is 1.82. The van der Waals surface area contributed by atoms with Crippen LogP contribution in [-0.4, -0.2) is 30.8 Å². The van der Waals surface area contributed by atoms with Crippen molar-refractivity contribution in [2.75, 3.05) is 18.4 Å². The highest BCUT2D eigenvalue weighted by atomic mass is 35.5. The molecule has 0 saturated heterocycles. The van der Waals surface area contributed by atoms with Gasteiger partial charge in [0.2, 0.25) is 11.8 Å². The Hall–Kier alpha value is -2.86. The minimum atomic E-state index is -0.241. The molecule has 0 atom stereocenters. The Balaban J connectivity index is 1.82. The van der Waals surface area contributed by atoms with Crippen LogP contribution >= 0.6 is 11.6 Å². The van der Waals surface area contributed by atoms with Crippen LogP contribution in [0.1, 0.15) is 29.3 Å². The van der Waals surface area contributed by atoms with Gasteiger partial charge < -0.3 is 16.0 Å². The summed E-state index contributed by atoms with van der Waals surface area (Å²) in [6, 6.07) is 13.8. The van der Waals surface area contributed by atoms with Gasteiger partial charge in [-0.25, -0.2) is 0 Å². The highest BCUT2D eigenvalue weighted by Crippen LogP contribution is 2.16. The van der Waals surface area contributed by atoms with Gasteiger partial charge in [-0.05, 0) is 35.9 Å². The molecule has 0 saturated carbocycles. The predicted octanol–water partition coefficient (Wildman–Crippen LogP) is 2.78. The predicted molar refractivity (Wildman–Crippen MR) is 106 cm³/mol. The number of nitrogens with one attached hydrogen (secondary N) is 3. The Kier molecular flexibility index (Phi) is 7.82. The van der Waals surface area contributed by atoms with Crippen LogP contribution in [-0.2, 0) is 16.0 Å². The van der Waals surface area contributed by atoms with Gasteiger partial charge in [-0.3, -0.25) is 14.4 Å². The van der Waals surface area contributed by atoms with E-state index < -0.39 is 0 Å². The van der Waals surface area contributed by atoms with E-state index in [9.17, 15) is 14.4 Å². The fourth-order valence-electron chi connectivity index (χ4n) is 2.33. The number of carbonyl (C=O) groups is 3. The monoisotopic (exact) mass is 387 g/mol. The van der Waals surface area contributed by atoms with Crippen molar-refractivity contribution in [3.8, 4) is 0 Å². The Morgan fingerprint density at radius 2 is 1.56 bits per heavy atom. The minimum absolute atomic E-state index is 0.0545. The number of anilines is 1. The van der Waals surface area contributed by atoms with Crippen LogP contribution in [0.4, 0.5) is 5.69 Å². The van der Waals surface area contributed by atoms with Crippen LogP contribution in [0.25, 0.3) is 0 Å². The fraction of sp³-hybridized carbons (Fsp3) is 0.250. The van der Waals surface area contributed by atoms with E-state index in [1.807, 2.05) is 12.1 Å². The number of rotatable bonds is 8. The smallest absolute Gasteiger partial charge is 0.251 e. The fourth-order valence-corrected chi connectivity index (χ4v) is 2.53.